The molecule has 1 aliphatic rings. The molecule has 0 radical (unpaired) electrons. The van der Waals surface area contributed by atoms with Crippen LogP contribution in [0.1, 0.15) is 58.1 Å². The number of nitro groups is 1. The number of rotatable bonds is 6. The molecule has 1 N–H and O–H groups in total. The van der Waals surface area contributed by atoms with E-state index in [1.165, 1.54) is 19.3 Å². The summed E-state index contributed by atoms with van der Waals surface area (Å²) < 4.78 is 1.63. The van der Waals surface area contributed by atoms with Gasteiger partial charge in [0.1, 0.15) is 5.69 Å². The van der Waals surface area contributed by atoms with Crippen molar-refractivity contribution in [3.8, 4) is 0 Å². The van der Waals surface area contributed by atoms with Gasteiger partial charge in [0.25, 0.3) is 0 Å². The van der Waals surface area contributed by atoms with E-state index < -0.39 is 0 Å². The molecule has 21 heavy (non-hydrogen) atoms. The van der Waals surface area contributed by atoms with Crippen LogP contribution in [0.3, 0.4) is 0 Å². The molecular weight excluding hydrogens is 268 g/mol. The van der Waals surface area contributed by atoms with Gasteiger partial charge in [-0.15, -0.1) is 0 Å². The lowest BCUT2D eigenvalue weighted by molar-refractivity contribution is -0.384. The second-order valence-electron chi connectivity index (χ2n) is 6.04. The molecule has 0 unspecified atom stereocenters. The highest BCUT2D eigenvalue weighted by molar-refractivity contribution is 5.60. The predicted octanol–water partition coefficient (Wildman–Crippen LogP) is 3.66. The second kappa shape index (κ2) is 6.91. The van der Waals surface area contributed by atoms with Crippen LogP contribution in [-0.4, -0.2) is 20.7 Å². The molecule has 0 saturated heterocycles. The maximum Gasteiger partial charge on any atom is 0.333 e. The van der Waals surface area contributed by atoms with Crippen molar-refractivity contribution < 1.29 is 4.92 Å². The van der Waals surface area contributed by atoms with Gasteiger partial charge in [-0.25, -0.2) is 4.68 Å². The summed E-state index contributed by atoms with van der Waals surface area (Å²) in [6.45, 7) is 4.25. The van der Waals surface area contributed by atoms with Crippen LogP contribution < -0.4 is 5.32 Å². The van der Waals surface area contributed by atoms with Gasteiger partial charge < -0.3 is 5.32 Å². The quantitative estimate of drug-likeness (QED) is 0.642. The van der Waals surface area contributed by atoms with Crippen molar-refractivity contribution in [2.75, 3.05) is 5.32 Å². The minimum absolute atomic E-state index is 0.164. The van der Waals surface area contributed by atoms with Gasteiger partial charge in [0.05, 0.1) is 4.92 Å². The summed E-state index contributed by atoms with van der Waals surface area (Å²) in [5.74, 6) is 1.39. The molecule has 0 aromatic carbocycles. The molecule has 118 valence electrons. The van der Waals surface area contributed by atoms with E-state index in [-0.39, 0.29) is 10.6 Å². The Morgan fingerprint density at radius 3 is 2.52 bits per heavy atom. The molecule has 0 atom stereocenters. The third kappa shape index (κ3) is 3.54. The molecule has 0 aliphatic heterocycles. The number of anilines is 1. The van der Waals surface area contributed by atoms with E-state index in [9.17, 15) is 10.1 Å². The van der Waals surface area contributed by atoms with Gasteiger partial charge in [-0.05, 0) is 38.0 Å². The molecule has 1 heterocycles. The number of aryl methyl sites for hydroxylation is 2. The van der Waals surface area contributed by atoms with Crippen molar-refractivity contribution in [3.05, 3.63) is 15.8 Å². The Morgan fingerprint density at radius 2 is 2.00 bits per heavy atom. The molecular formula is C15H26N4O2. The first-order valence-corrected chi connectivity index (χ1v) is 8.03. The maximum atomic E-state index is 11.4. The highest BCUT2D eigenvalue weighted by Gasteiger charge is 2.29. The van der Waals surface area contributed by atoms with E-state index in [2.05, 4.69) is 17.3 Å². The first kappa shape index (κ1) is 15.8. The molecule has 1 aromatic rings. The summed E-state index contributed by atoms with van der Waals surface area (Å²) in [5, 5.41) is 19.1. The Labute approximate surface area is 126 Å². The molecule has 0 bridgehead atoms. The van der Waals surface area contributed by atoms with E-state index in [4.69, 9.17) is 0 Å². The summed E-state index contributed by atoms with van der Waals surface area (Å²) in [5.41, 5.74) is 0.756. The van der Waals surface area contributed by atoms with Gasteiger partial charge in [0, 0.05) is 13.1 Å². The van der Waals surface area contributed by atoms with Crippen molar-refractivity contribution >= 4 is 11.5 Å². The van der Waals surface area contributed by atoms with Crippen LogP contribution in [0, 0.1) is 16.0 Å². The number of aromatic nitrogens is 2. The van der Waals surface area contributed by atoms with Crippen LogP contribution >= 0.6 is 0 Å². The molecule has 1 aliphatic carbocycles. The molecule has 6 nitrogen and oxygen atoms in total. The minimum Gasteiger partial charge on any atom is -0.362 e. The topological polar surface area (TPSA) is 73.0 Å². The number of nitrogens with zero attached hydrogens (tertiary/aromatic N) is 3. The second-order valence-corrected chi connectivity index (χ2v) is 6.04. The first-order valence-electron chi connectivity index (χ1n) is 8.03. The van der Waals surface area contributed by atoms with E-state index in [1.54, 1.807) is 11.7 Å². The highest BCUT2D eigenvalue weighted by atomic mass is 16.6. The Bertz CT molecular complexity index is 490. The lowest BCUT2D eigenvalue weighted by Gasteiger charge is -2.28. The molecule has 1 aromatic heterocycles. The zero-order valence-corrected chi connectivity index (χ0v) is 13.3. The number of hydrogen-bond acceptors (Lipinski definition) is 4. The fraction of sp³-hybridized carbons (Fsp3) is 0.800. The lowest BCUT2D eigenvalue weighted by Crippen LogP contribution is -2.27. The van der Waals surface area contributed by atoms with Crippen molar-refractivity contribution in [2.45, 2.75) is 64.8 Å². The van der Waals surface area contributed by atoms with Crippen molar-refractivity contribution in [2.24, 2.45) is 13.0 Å². The van der Waals surface area contributed by atoms with Gasteiger partial charge in [-0.3, -0.25) is 10.1 Å². The third-order valence-electron chi connectivity index (χ3n) is 4.53. The lowest BCUT2D eigenvalue weighted by atomic mass is 9.84. The Morgan fingerprint density at radius 1 is 1.33 bits per heavy atom. The van der Waals surface area contributed by atoms with E-state index in [1.807, 2.05) is 6.92 Å². The Hall–Kier alpha value is -1.59. The van der Waals surface area contributed by atoms with E-state index in [0.29, 0.717) is 24.0 Å². The van der Waals surface area contributed by atoms with Crippen LogP contribution in [0.2, 0.25) is 0 Å². The molecule has 0 spiro atoms. The summed E-state index contributed by atoms with van der Waals surface area (Å²) in [6, 6.07) is 0.330. The fourth-order valence-electron chi connectivity index (χ4n) is 3.24. The fourth-order valence-corrected chi connectivity index (χ4v) is 3.24. The number of nitrogens with one attached hydrogen (secondary N) is 1. The normalized spacial score (nSPS) is 22.2. The van der Waals surface area contributed by atoms with Crippen LogP contribution in [0.15, 0.2) is 0 Å². The largest absolute Gasteiger partial charge is 0.362 e. The summed E-state index contributed by atoms with van der Waals surface area (Å²) in [4.78, 5) is 11.1. The number of hydrogen-bond donors (Lipinski definition) is 1. The minimum atomic E-state index is -0.294. The average Bonchev–Trinajstić information content (AvgIpc) is 2.76. The maximum absolute atomic E-state index is 11.4. The van der Waals surface area contributed by atoms with Crippen LogP contribution in [0.25, 0.3) is 0 Å². The molecule has 1 saturated carbocycles. The van der Waals surface area contributed by atoms with Crippen molar-refractivity contribution in [1.29, 1.82) is 0 Å². The summed E-state index contributed by atoms with van der Waals surface area (Å²) in [7, 11) is 1.78. The SMILES string of the molecule is CCCc1nn(C)c(NC2CCC(CC)CC2)c1[N+](=O)[O-]. The molecule has 2 rings (SSSR count). The van der Waals surface area contributed by atoms with Gasteiger partial charge in [0.15, 0.2) is 0 Å². The van der Waals surface area contributed by atoms with E-state index >= 15 is 0 Å². The van der Waals surface area contributed by atoms with Crippen LogP contribution in [0.5, 0.6) is 0 Å². The predicted molar refractivity (Wildman–Crippen MR) is 83.5 cm³/mol. The van der Waals surface area contributed by atoms with Gasteiger partial charge in [0.2, 0.25) is 5.82 Å². The molecule has 1 fully saturated rings. The first-order chi connectivity index (χ1) is 10.1. The Kier molecular flexibility index (Phi) is 5.20. The zero-order valence-electron chi connectivity index (χ0n) is 13.3. The standard InChI is InChI=1S/C15H26N4O2/c1-4-6-13-14(19(20)21)15(18(3)17-13)16-12-9-7-11(5-2)8-10-12/h11-12,16H,4-10H2,1-3H3. The Balaban J connectivity index is 2.14. The van der Waals surface area contributed by atoms with Crippen LogP contribution in [-0.2, 0) is 13.5 Å². The van der Waals surface area contributed by atoms with Gasteiger partial charge in [-0.2, -0.15) is 5.10 Å². The van der Waals surface area contributed by atoms with Crippen LogP contribution in [0.4, 0.5) is 11.5 Å². The average molecular weight is 294 g/mol. The van der Waals surface area contributed by atoms with Gasteiger partial charge >= 0.3 is 5.69 Å². The smallest absolute Gasteiger partial charge is 0.333 e. The van der Waals surface area contributed by atoms with Crippen molar-refractivity contribution in [3.63, 3.8) is 0 Å². The molecule has 6 heteroatoms. The van der Waals surface area contributed by atoms with E-state index in [0.717, 1.165) is 25.2 Å². The zero-order chi connectivity index (χ0) is 15.4. The van der Waals surface area contributed by atoms with Crippen molar-refractivity contribution in [1.82, 2.24) is 9.78 Å². The highest BCUT2D eigenvalue weighted by Crippen LogP contribution is 2.33. The third-order valence-corrected chi connectivity index (χ3v) is 4.53. The summed E-state index contributed by atoms with van der Waals surface area (Å²) >= 11 is 0. The molecule has 0 amide bonds. The summed E-state index contributed by atoms with van der Waals surface area (Å²) in [6.07, 6.45) is 7.34. The monoisotopic (exact) mass is 294 g/mol. The van der Waals surface area contributed by atoms with Gasteiger partial charge in [-0.1, -0.05) is 26.7 Å².